The first-order valence-electron chi connectivity index (χ1n) is 11.7. The van der Waals surface area contributed by atoms with Gasteiger partial charge in [0.15, 0.2) is 0 Å². The van der Waals surface area contributed by atoms with Gasteiger partial charge >= 0.3 is 0 Å². The van der Waals surface area contributed by atoms with Crippen molar-refractivity contribution in [1.29, 1.82) is 0 Å². The van der Waals surface area contributed by atoms with Gasteiger partial charge in [0.1, 0.15) is 11.6 Å². The highest BCUT2D eigenvalue weighted by molar-refractivity contribution is 5.90. The largest absolute Gasteiger partial charge is 0.352 e. The fraction of sp³-hybridized carbons (Fsp3) is 0.400. The van der Waals surface area contributed by atoms with Crippen LogP contribution in [0.4, 0.5) is 0 Å². The first-order chi connectivity index (χ1) is 16.8. The van der Waals surface area contributed by atoms with Crippen LogP contribution < -0.4 is 16.4 Å². The average Bonchev–Trinajstić information content (AvgIpc) is 3.44. The molecule has 1 unspecified atom stereocenters. The number of carbonyl (C=O) groups excluding carboxylic acids is 3. The fourth-order valence-corrected chi connectivity index (χ4v) is 4.53. The smallest absolute Gasteiger partial charge is 0.243 e. The number of benzene rings is 2. The molecule has 1 aliphatic heterocycles. The Hall–Kier alpha value is -3.79. The zero-order valence-corrected chi connectivity index (χ0v) is 20.0. The van der Waals surface area contributed by atoms with E-state index in [1.165, 1.54) is 11.8 Å². The Morgan fingerprint density at radius 3 is 2.66 bits per heavy atom. The Kier molecular flexibility index (Phi) is 7.40. The van der Waals surface area contributed by atoms with E-state index >= 15 is 0 Å². The molecule has 1 fully saturated rings. The van der Waals surface area contributed by atoms with Crippen molar-refractivity contribution in [3.63, 3.8) is 0 Å². The lowest BCUT2D eigenvalue weighted by atomic mass is 10.0. The molecule has 3 amide bonds. The van der Waals surface area contributed by atoms with Gasteiger partial charge in [-0.3, -0.25) is 14.4 Å². The Bertz CT molecular complexity index is 1210. The molecule has 1 aliphatic rings. The molecule has 0 bridgehead atoms. The number of rotatable bonds is 8. The number of amides is 3. The summed E-state index contributed by atoms with van der Waals surface area (Å²) in [5.74, 6) is -0.760. The summed E-state index contributed by atoms with van der Waals surface area (Å²) in [5.41, 5.74) is 9.86. The third-order valence-electron chi connectivity index (χ3n) is 6.34. The molecule has 10 nitrogen and oxygen atoms in total. The molecule has 1 saturated heterocycles. The predicted molar refractivity (Wildman–Crippen MR) is 131 cm³/mol. The maximum Gasteiger partial charge on any atom is 0.243 e. The van der Waals surface area contributed by atoms with Gasteiger partial charge in [-0.15, -0.1) is 5.10 Å². The number of hydrogen-bond donors (Lipinski definition) is 3. The summed E-state index contributed by atoms with van der Waals surface area (Å²) < 4.78 is 1.68. The van der Waals surface area contributed by atoms with Crippen LogP contribution in [0.3, 0.4) is 0 Å². The van der Waals surface area contributed by atoms with E-state index in [1.807, 2.05) is 55.6 Å². The number of aryl methyl sites for hydroxylation is 2. The van der Waals surface area contributed by atoms with Crippen molar-refractivity contribution < 1.29 is 14.4 Å². The average molecular weight is 478 g/mol. The van der Waals surface area contributed by atoms with Gasteiger partial charge in [0.05, 0.1) is 11.6 Å². The number of carbonyl (C=O) groups is 3. The number of nitrogens with zero attached hydrogens (tertiary/aromatic N) is 4. The second kappa shape index (κ2) is 10.6. The van der Waals surface area contributed by atoms with E-state index in [2.05, 4.69) is 20.9 Å². The molecule has 3 atom stereocenters. The minimum atomic E-state index is -0.736. The van der Waals surface area contributed by atoms with Crippen molar-refractivity contribution in [1.82, 2.24) is 30.5 Å². The zero-order chi connectivity index (χ0) is 24.9. The third-order valence-corrected chi connectivity index (χ3v) is 6.34. The highest BCUT2D eigenvalue weighted by atomic mass is 16.2. The van der Waals surface area contributed by atoms with Crippen LogP contribution in [0.5, 0.6) is 0 Å². The number of nitrogens with one attached hydrogen (secondary N) is 2. The molecule has 184 valence electrons. The molecule has 0 spiro atoms. The summed E-state index contributed by atoms with van der Waals surface area (Å²) in [5, 5.41) is 13.9. The van der Waals surface area contributed by atoms with Gasteiger partial charge in [0.25, 0.3) is 0 Å². The van der Waals surface area contributed by atoms with E-state index < -0.39 is 12.1 Å². The maximum atomic E-state index is 13.2. The molecular weight excluding hydrogens is 446 g/mol. The summed E-state index contributed by atoms with van der Waals surface area (Å²) in [6.07, 6.45) is 1.47. The molecule has 3 aromatic rings. The summed E-state index contributed by atoms with van der Waals surface area (Å²) in [7, 11) is 1.82. The molecule has 0 radical (unpaired) electrons. The van der Waals surface area contributed by atoms with Gasteiger partial charge in [-0.05, 0) is 42.5 Å². The Balaban J connectivity index is 1.41. The van der Waals surface area contributed by atoms with Gasteiger partial charge in [0.2, 0.25) is 17.7 Å². The van der Waals surface area contributed by atoms with Gasteiger partial charge < -0.3 is 21.3 Å². The zero-order valence-electron chi connectivity index (χ0n) is 20.0. The SMILES string of the molecule is CC(=O)NC1C[C@@H](C(=O)NCc2ccc3c(c2)nnn3C)N(C(=O)[C@H](N)CCc2ccccc2)C1. The van der Waals surface area contributed by atoms with Crippen molar-refractivity contribution in [3.8, 4) is 0 Å². The first-order valence-corrected chi connectivity index (χ1v) is 11.7. The monoisotopic (exact) mass is 477 g/mol. The Morgan fingerprint density at radius 1 is 1.14 bits per heavy atom. The quantitative estimate of drug-likeness (QED) is 0.436. The van der Waals surface area contributed by atoms with E-state index in [1.54, 1.807) is 4.68 Å². The lowest BCUT2D eigenvalue weighted by molar-refractivity contribution is -0.139. The molecule has 2 aromatic carbocycles. The van der Waals surface area contributed by atoms with Crippen LogP contribution in [0.2, 0.25) is 0 Å². The first kappa shape index (κ1) is 24.3. The standard InChI is InChI=1S/C25H31N7O3/c1-16(33)28-19-13-23(24(34)27-14-18-9-11-22-21(12-18)29-30-31(22)2)32(15-19)25(35)20(26)10-8-17-6-4-3-5-7-17/h3-7,9,11-12,19-20,23H,8,10,13-15,26H2,1-2H3,(H,27,34)(H,28,33)/t19?,20-,23+/m1/s1. The number of likely N-dealkylation sites (tertiary alicyclic amines) is 1. The summed E-state index contributed by atoms with van der Waals surface area (Å²) >= 11 is 0. The normalized spacial score (nSPS) is 18.4. The highest BCUT2D eigenvalue weighted by Gasteiger charge is 2.41. The van der Waals surface area contributed by atoms with Crippen LogP contribution in [0.1, 0.15) is 30.9 Å². The molecule has 2 heterocycles. The maximum absolute atomic E-state index is 13.2. The van der Waals surface area contributed by atoms with Crippen LogP contribution in [0.15, 0.2) is 48.5 Å². The van der Waals surface area contributed by atoms with Gasteiger partial charge in [0, 0.05) is 33.1 Å². The van der Waals surface area contributed by atoms with E-state index in [0.29, 0.717) is 19.3 Å². The molecular formula is C25H31N7O3. The summed E-state index contributed by atoms with van der Waals surface area (Å²) in [6, 6.07) is 13.8. The van der Waals surface area contributed by atoms with Crippen LogP contribution in [0, 0.1) is 0 Å². The van der Waals surface area contributed by atoms with Crippen molar-refractivity contribution >= 4 is 28.8 Å². The molecule has 4 N–H and O–H groups in total. The fourth-order valence-electron chi connectivity index (χ4n) is 4.53. The Labute approximate surface area is 203 Å². The van der Waals surface area contributed by atoms with Crippen LogP contribution in [-0.2, 0) is 34.4 Å². The van der Waals surface area contributed by atoms with Gasteiger partial charge in [-0.1, -0.05) is 41.6 Å². The van der Waals surface area contributed by atoms with Crippen LogP contribution in [0.25, 0.3) is 11.0 Å². The number of aromatic nitrogens is 3. The molecule has 4 rings (SSSR count). The van der Waals surface area contributed by atoms with Crippen LogP contribution in [-0.4, -0.2) is 62.3 Å². The predicted octanol–water partition coefficient (Wildman–Crippen LogP) is 0.650. The van der Waals surface area contributed by atoms with E-state index in [4.69, 9.17) is 5.73 Å². The molecule has 0 saturated carbocycles. The second-order valence-electron chi connectivity index (χ2n) is 9.02. The Morgan fingerprint density at radius 2 is 1.91 bits per heavy atom. The minimum Gasteiger partial charge on any atom is -0.352 e. The van der Waals surface area contributed by atoms with E-state index in [-0.39, 0.29) is 36.9 Å². The summed E-state index contributed by atoms with van der Waals surface area (Å²) in [6.45, 7) is 1.96. The van der Waals surface area contributed by atoms with Crippen molar-refractivity contribution in [2.24, 2.45) is 12.8 Å². The summed E-state index contributed by atoms with van der Waals surface area (Å²) in [4.78, 5) is 39.5. The number of nitrogens with two attached hydrogens (primary N) is 1. The highest BCUT2D eigenvalue weighted by Crippen LogP contribution is 2.21. The van der Waals surface area contributed by atoms with Gasteiger partial charge in [-0.25, -0.2) is 4.68 Å². The van der Waals surface area contributed by atoms with Crippen molar-refractivity contribution in [3.05, 3.63) is 59.7 Å². The third kappa shape index (κ3) is 5.83. The molecule has 0 aliphatic carbocycles. The van der Waals surface area contributed by atoms with Crippen LogP contribution >= 0.6 is 0 Å². The van der Waals surface area contributed by atoms with Crippen molar-refractivity contribution in [2.75, 3.05) is 6.54 Å². The number of hydrogen-bond acceptors (Lipinski definition) is 6. The molecule has 10 heteroatoms. The van der Waals surface area contributed by atoms with Crippen molar-refractivity contribution in [2.45, 2.75) is 50.9 Å². The second-order valence-corrected chi connectivity index (χ2v) is 9.02. The lowest BCUT2D eigenvalue weighted by Crippen LogP contribution is -2.51. The van der Waals surface area contributed by atoms with E-state index in [9.17, 15) is 14.4 Å². The lowest BCUT2D eigenvalue weighted by Gasteiger charge is -2.26. The topological polar surface area (TPSA) is 135 Å². The van der Waals surface area contributed by atoms with Gasteiger partial charge in [-0.2, -0.15) is 0 Å². The van der Waals surface area contributed by atoms with E-state index in [0.717, 1.165) is 22.2 Å². The molecule has 1 aromatic heterocycles. The minimum absolute atomic E-state index is 0.200. The molecule has 35 heavy (non-hydrogen) atoms. The number of fused-ring (bicyclic) bond motifs is 1.